The van der Waals surface area contributed by atoms with Crippen LogP contribution in [0.4, 0.5) is 5.69 Å². The lowest BCUT2D eigenvalue weighted by molar-refractivity contribution is -0.117. The molecule has 0 fully saturated rings. The molecule has 0 radical (unpaired) electrons. The van der Waals surface area contributed by atoms with Gasteiger partial charge in [-0.25, -0.2) is 0 Å². The molecule has 128 valence electrons. The molecular weight excluding hydrogens is 324 g/mol. The van der Waals surface area contributed by atoms with Crippen LogP contribution in [0.5, 0.6) is 11.5 Å². The summed E-state index contributed by atoms with van der Waals surface area (Å²) in [5.41, 5.74) is 2.06. The molecule has 1 aromatic carbocycles. The third-order valence-electron chi connectivity index (χ3n) is 4.42. The van der Waals surface area contributed by atoms with E-state index in [0.29, 0.717) is 23.7 Å². The Morgan fingerprint density at radius 1 is 1.29 bits per heavy atom. The molecule has 0 saturated carbocycles. The summed E-state index contributed by atoms with van der Waals surface area (Å²) in [4.78, 5) is 16.1. The molecule has 0 unspecified atom stereocenters. The van der Waals surface area contributed by atoms with E-state index in [0.717, 1.165) is 13.0 Å². The number of fused-ring (bicyclic) bond motifs is 1. The molecule has 1 aromatic heterocycles. The van der Waals surface area contributed by atoms with Crippen molar-refractivity contribution in [2.24, 2.45) is 0 Å². The van der Waals surface area contributed by atoms with Gasteiger partial charge in [0.15, 0.2) is 11.5 Å². The Balaban J connectivity index is 1.64. The highest BCUT2D eigenvalue weighted by atomic mass is 32.1. The van der Waals surface area contributed by atoms with E-state index < -0.39 is 0 Å². The van der Waals surface area contributed by atoms with Crippen LogP contribution in [0.1, 0.15) is 23.4 Å². The van der Waals surface area contributed by atoms with Crippen molar-refractivity contribution in [2.45, 2.75) is 19.4 Å². The summed E-state index contributed by atoms with van der Waals surface area (Å²) < 4.78 is 10.5. The van der Waals surface area contributed by atoms with Gasteiger partial charge in [0.25, 0.3) is 0 Å². The summed E-state index contributed by atoms with van der Waals surface area (Å²) in [6, 6.07) is 7.82. The highest BCUT2D eigenvalue weighted by molar-refractivity contribution is 7.10. The van der Waals surface area contributed by atoms with Crippen LogP contribution in [-0.4, -0.2) is 38.1 Å². The molecule has 2 aromatic rings. The van der Waals surface area contributed by atoms with Gasteiger partial charge in [-0.2, -0.15) is 0 Å². The number of carbonyl (C=O) groups excluding carboxylic acids is 1. The number of hydrogen-bond donors (Lipinski definition) is 1. The first-order valence-corrected chi connectivity index (χ1v) is 8.82. The Morgan fingerprint density at radius 3 is 2.83 bits per heavy atom. The average molecular weight is 346 g/mol. The molecule has 1 amide bonds. The van der Waals surface area contributed by atoms with Gasteiger partial charge >= 0.3 is 0 Å². The van der Waals surface area contributed by atoms with Gasteiger partial charge < -0.3 is 14.8 Å². The smallest absolute Gasteiger partial charge is 0.238 e. The van der Waals surface area contributed by atoms with Crippen molar-refractivity contribution in [1.82, 2.24) is 4.90 Å². The van der Waals surface area contributed by atoms with E-state index in [9.17, 15) is 4.79 Å². The van der Waals surface area contributed by atoms with E-state index >= 15 is 0 Å². The number of nitrogens with one attached hydrogen (secondary N) is 1. The number of nitrogens with zero attached hydrogens (tertiary/aromatic N) is 1. The van der Waals surface area contributed by atoms with Gasteiger partial charge in [0.1, 0.15) is 0 Å². The summed E-state index contributed by atoms with van der Waals surface area (Å²) >= 11 is 1.81. The molecule has 24 heavy (non-hydrogen) atoms. The van der Waals surface area contributed by atoms with Crippen LogP contribution in [0.15, 0.2) is 29.6 Å². The molecule has 1 N–H and O–H groups in total. The molecule has 1 atom stereocenters. The first kappa shape index (κ1) is 16.8. The Hall–Kier alpha value is -2.05. The molecule has 0 saturated heterocycles. The summed E-state index contributed by atoms with van der Waals surface area (Å²) in [5, 5.41) is 5.07. The second-order valence-corrected chi connectivity index (χ2v) is 6.81. The van der Waals surface area contributed by atoms with Crippen molar-refractivity contribution in [3.05, 3.63) is 40.1 Å². The van der Waals surface area contributed by atoms with Crippen LogP contribution in [0, 0.1) is 0 Å². The second kappa shape index (κ2) is 7.23. The number of methoxy groups -OCH3 is 2. The second-order valence-electron chi connectivity index (χ2n) is 5.81. The molecule has 0 bridgehead atoms. The van der Waals surface area contributed by atoms with Crippen LogP contribution in [0.25, 0.3) is 0 Å². The number of rotatable bonds is 5. The van der Waals surface area contributed by atoms with Crippen LogP contribution >= 0.6 is 11.3 Å². The maximum absolute atomic E-state index is 12.4. The number of benzene rings is 1. The van der Waals surface area contributed by atoms with Crippen molar-refractivity contribution in [2.75, 3.05) is 32.6 Å². The van der Waals surface area contributed by atoms with Gasteiger partial charge in [0.2, 0.25) is 5.91 Å². The van der Waals surface area contributed by atoms with Crippen molar-refractivity contribution >= 4 is 22.9 Å². The fraction of sp³-hybridized carbons (Fsp3) is 0.389. The molecule has 5 nitrogen and oxygen atoms in total. The number of anilines is 1. The van der Waals surface area contributed by atoms with Crippen LogP contribution < -0.4 is 14.8 Å². The monoisotopic (exact) mass is 346 g/mol. The van der Waals surface area contributed by atoms with Crippen molar-refractivity contribution in [3.8, 4) is 11.5 Å². The number of hydrogen-bond acceptors (Lipinski definition) is 5. The highest BCUT2D eigenvalue weighted by Gasteiger charge is 2.26. The fourth-order valence-electron chi connectivity index (χ4n) is 3.08. The summed E-state index contributed by atoms with van der Waals surface area (Å²) in [5.74, 6) is 1.22. The lowest BCUT2D eigenvalue weighted by Crippen LogP contribution is -2.39. The topological polar surface area (TPSA) is 50.8 Å². The average Bonchev–Trinajstić information content (AvgIpc) is 3.06. The van der Waals surface area contributed by atoms with Crippen LogP contribution in [-0.2, 0) is 11.2 Å². The van der Waals surface area contributed by atoms with Crippen molar-refractivity contribution in [1.29, 1.82) is 0 Å². The zero-order chi connectivity index (χ0) is 17.1. The quantitative estimate of drug-likeness (QED) is 0.902. The van der Waals surface area contributed by atoms with Crippen LogP contribution in [0.2, 0.25) is 0 Å². The van der Waals surface area contributed by atoms with E-state index in [2.05, 4.69) is 28.6 Å². The third-order valence-corrected chi connectivity index (χ3v) is 5.41. The van der Waals surface area contributed by atoms with Gasteiger partial charge in [-0.05, 0) is 42.5 Å². The molecule has 2 heterocycles. The first-order valence-electron chi connectivity index (χ1n) is 7.94. The third kappa shape index (κ3) is 3.39. The minimum absolute atomic E-state index is 0.0206. The van der Waals surface area contributed by atoms with Gasteiger partial charge in [-0.15, -0.1) is 11.3 Å². The number of carbonyl (C=O) groups is 1. The lowest BCUT2D eigenvalue weighted by atomic mass is 10.0. The predicted molar refractivity (Wildman–Crippen MR) is 96.2 cm³/mol. The van der Waals surface area contributed by atoms with Gasteiger partial charge in [0, 0.05) is 29.2 Å². The Kier molecular flexibility index (Phi) is 5.06. The van der Waals surface area contributed by atoms with Gasteiger partial charge in [0.05, 0.1) is 20.8 Å². The number of thiophene rings is 1. The van der Waals surface area contributed by atoms with Gasteiger partial charge in [-0.1, -0.05) is 0 Å². The lowest BCUT2D eigenvalue weighted by Gasteiger charge is -2.32. The first-order chi connectivity index (χ1) is 11.6. The Labute approximate surface area is 146 Å². The molecule has 3 rings (SSSR count). The SMILES string of the molecule is COc1ccc(NC(=O)CN2CCc3sccc3[C@H]2C)cc1OC. The van der Waals surface area contributed by atoms with E-state index in [4.69, 9.17) is 9.47 Å². The summed E-state index contributed by atoms with van der Waals surface area (Å²) in [6.07, 6.45) is 1.01. The zero-order valence-electron chi connectivity index (χ0n) is 14.2. The summed E-state index contributed by atoms with van der Waals surface area (Å²) in [7, 11) is 3.17. The van der Waals surface area contributed by atoms with E-state index in [1.807, 2.05) is 17.4 Å². The minimum Gasteiger partial charge on any atom is -0.493 e. The maximum atomic E-state index is 12.4. The molecule has 6 heteroatoms. The maximum Gasteiger partial charge on any atom is 0.238 e. The number of amides is 1. The highest BCUT2D eigenvalue weighted by Crippen LogP contribution is 2.33. The predicted octanol–water partition coefficient (Wildman–Crippen LogP) is 3.32. The fourth-order valence-corrected chi connectivity index (χ4v) is 4.04. The normalized spacial score (nSPS) is 17.2. The van der Waals surface area contributed by atoms with Gasteiger partial charge in [-0.3, -0.25) is 9.69 Å². The Morgan fingerprint density at radius 2 is 2.08 bits per heavy atom. The van der Waals surface area contributed by atoms with Crippen molar-refractivity contribution < 1.29 is 14.3 Å². The standard InChI is InChI=1S/C18H22N2O3S/c1-12-14-7-9-24-17(14)6-8-20(12)11-18(21)19-13-4-5-15(22-2)16(10-13)23-3/h4-5,7,9-10,12H,6,8,11H2,1-3H3,(H,19,21)/t12-/m1/s1. The molecule has 1 aliphatic heterocycles. The molecule has 0 spiro atoms. The van der Waals surface area contributed by atoms with E-state index in [1.165, 1.54) is 10.4 Å². The van der Waals surface area contributed by atoms with Crippen LogP contribution in [0.3, 0.4) is 0 Å². The molecule has 1 aliphatic rings. The number of ether oxygens (including phenoxy) is 2. The molecular formula is C18H22N2O3S. The Bertz CT molecular complexity index is 729. The van der Waals surface area contributed by atoms with Crippen molar-refractivity contribution in [3.63, 3.8) is 0 Å². The minimum atomic E-state index is -0.0206. The largest absolute Gasteiger partial charge is 0.493 e. The zero-order valence-corrected chi connectivity index (χ0v) is 15.0. The van der Waals surface area contributed by atoms with E-state index in [1.54, 1.807) is 26.4 Å². The van der Waals surface area contributed by atoms with E-state index in [-0.39, 0.29) is 11.9 Å². The molecule has 0 aliphatic carbocycles. The summed E-state index contributed by atoms with van der Waals surface area (Å²) in [6.45, 7) is 3.45.